The smallest absolute Gasteiger partial charge is 0.414 e. The lowest BCUT2D eigenvalue weighted by Gasteiger charge is -2.42. The quantitative estimate of drug-likeness (QED) is 0.588. The Morgan fingerprint density at radius 2 is 1.77 bits per heavy atom. The lowest BCUT2D eigenvalue weighted by atomic mass is 9.99. The van der Waals surface area contributed by atoms with Gasteiger partial charge in [0.15, 0.2) is 0 Å². The van der Waals surface area contributed by atoms with E-state index in [1.54, 1.807) is 42.0 Å². The van der Waals surface area contributed by atoms with Crippen LogP contribution in [0.1, 0.15) is 41.8 Å². The number of carbonyl (C=O) groups excluding carboxylic acids is 2. The van der Waals surface area contributed by atoms with E-state index in [9.17, 15) is 9.59 Å². The topological polar surface area (TPSA) is 59.1 Å². The molecular weight excluding hydrogens is 448 g/mol. The molecule has 2 aromatic rings. The molecule has 30 heavy (non-hydrogen) atoms. The van der Waals surface area contributed by atoms with E-state index in [-0.39, 0.29) is 18.0 Å². The maximum atomic E-state index is 13.5. The summed E-state index contributed by atoms with van der Waals surface area (Å²) in [6, 6.07) is 9.05. The summed E-state index contributed by atoms with van der Waals surface area (Å²) in [4.78, 5) is 29.7. The fourth-order valence-electron chi connectivity index (χ4n) is 3.68. The first-order valence-corrected chi connectivity index (χ1v) is 10.8. The summed E-state index contributed by atoms with van der Waals surface area (Å²) in [5.41, 5.74) is 4.08. The van der Waals surface area contributed by atoms with Crippen LogP contribution in [0.25, 0.3) is 0 Å². The number of amides is 2. The molecule has 160 valence electrons. The van der Waals surface area contributed by atoms with Crippen molar-refractivity contribution >= 4 is 39.3 Å². The summed E-state index contributed by atoms with van der Waals surface area (Å²) >= 11 is 3.46. The maximum absolute atomic E-state index is 13.5. The number of benzene rings is 2. The maximum Gasteiger partial charge on any atom is 0.414 e. The number of carbonyl (C=O) groups is 2. The minimum atomic E-state index is -0.381. The second-order valence-corrected chi connectivity index (χ2v) is 8.18. The number of aryl methyl sites for hydroxylation is 2. The molecule has 1 aliphatic rings. The molecule has 0 aliphatic carbocycles. The molecule has 0 aromatic heterocycles. The van der Waals surface area contributed by atoms with E-state index in [0.717, 1.165) is 11.1 Å². The van der Waals surface area contributed by atoms with Gasteiger partial charge in [0.2, 0.25) is 0 Å². The number of anilines is 2. The zero-order valence-electron chi connectivity index (χ0n) is 18.0. The summed E-state index contributed by atoms with van der Waals surface area (Å²) in [5.74, 6) is 0.543. The Morgan fingerprint density at radius 3 is 2.33 bits per heavy atom. The normalized spacial score (nSPS) is 15.6. The second-order valence-electron chi connectivity index (χ2n) is 7.32. The zero-order chi connectivity index (χ0) is 22.0. The van der Waals surface area contributed by atoms with E-state index >= 15 is 0 Å². The minimum absolute atomic E-state index is 0.121. The van der Waals surface area contributed by atoms with Crippen LogP contribution in [-0.2, 0) is 4.74 Å². The molecule has 0 spiro atoms. The predicted molar refractivity (Wildman–Crippen MR) is 122 cm³/mol. The lowest BCUT2D eigenvalue weighted by Crippen LogP contribution is -2.53. The van der Waals surface area contributed by atoms with Gasteiger partial charge in [-0.2, -0.15) is 0 Å². The van der Waals surface area contributed by atoms with Crippen LogP contribution in [0.3, 0.4) is 0 Å². The highest BCUT2D eigenvalue weighted by molar-refractivity contribution is 9.10. The minimum Gasteiger partial charge on any atom is -0.496 e. The van der Waals surface area contributed by atoms with Gasteiger partial charge in [-0.25, -0.2) is 4.79 Å². The number of methoxy groups -OCH3 is 1. The van der Waals surface area contributed by atoms with Crippen LogP contribution in [0.15, 0.2) is 34.8 Å². The van der Waals surface area contributed by atoms with Gasteiger partial charge in [0.25, 0.3) is 5.91 Å². The molecule has 0 radical (unpaired) electrons. The molecule has 3 rings (SSSR count). The third kappa shape index (κ3) is 4.03. The Hall–Kier alpha value is -2.54. The number of hydrogen-bond acceptors (Lipinski definition) is 4. The van der Waals surface area contributed by atoms with Crippen molar-refractivity contribution < 1.29 is 19.1 Å². The van der Waals surface area contributed by atoms with Gasteiger partial charge in [0.1, 0.15) is 5.75 Å². The second kappa shape index (κ2) is 9.08. The van der Waals surface area contributed by atoms with Crippen LogP contribution in [0.4, 0.5) is 16.2 Å². The fourth-order valence-corrected chi connectivity index (χ4v) is 4.22. The van der Waals surface area contributed by atoms with Crippen LogP contribution in [-0.4, -0.2) is 38.3 Å². The van der Waals surface area contributed by atoms with Gasteiger partial charge < -0.3 is 14.4 Å². The fraction of sp³-hybridized carbons (Fsp3) is 0.391. The van der Waals surface area contributed by atoms with Crippen molar-refractivity contribution in [3.05, 3.63) is 51.5 Å². The molecule has 0 saturated heterocycles. The van der Waals surface area contributed by atoms with Crippen molar-refractivity contribution in [2.75, 3.05) is 30.1 Å². The highest BCUT2D eigenvalue weighted by Crippen LogP contribution is 2.40. The van der Waals surface area contributed by atoms with Gasteiger partial charge in [0.05, 0.1) is 35.6 Å². The standard InChI is InChI=1S/C23H27BrN2O4/c1-6-17-13-25(22(27)16-8-9-21(29-5)18(24)12-16)19-10-14(3)15(4)11-20(19)26(17)23(28)30-7-2/h8-12,17H,6-7,13H2,1-5H3. The molecule has 1 unspecified atom stereocenters. The van der Waals surface area contributed by atoms with Gasteiger partial charge in [-0.15, -0.1) is 0 Å². The number of halogens is 1. The third-order valence-corrected chi connectivity index (χ3v) is 6.10. The molecule has 2 aromatic carbocycles. The summed E-state index contributed by atoms with van der Waals surface area (Å²) in [6.45, 7) is 8.50. The Labute approximate surface area is 185 Å². The highest BCUT2D eigenvalue weighted by atomic mass is 79.9. The monoisotopic (exact) mass is 474 g/mol. The molecule has 7 heteroatoms. The summed E-state index contributed by atoms with van der Waals surface area (Å²) in [7, 11) is 1.59. The molecule has 0 saturated carbocycles. The molecule has 6 nitrogen and oxygen atoms in total. The summed E-state index contributed by atoms with van der Waals surface area (Å²) in [5, 5.41) is 0. The molecule has 1 heterocycles. The van der Waals surface area contributed by atoms with E-state index in [1.807, 2.05) is 32.9 Å². The Bertz CT molecular complexity index is 976. The van der Waals surface area contributed by atoms with Crippen LogP contribution in [0.2, 0.25) is 0 Å². The van der Waals surface area contributed by atoms with Crippen LogP contribution in [0, 0.1) is 13.8 Å². The Kier molecular flexibility index (Phi) is 6.71. The van der Waals surface area contributed by atoms with E-state index in [2.05, 4.69) is 15.9 Å². The van der Waals surface area contributed by atoms with E-state index < -0.39 is 0 Å². The molecule has 1 aliphatic heterocycles. The van der Waals surface area contributed by atoms with Crippen LogP contribution < -0.4 is 14.5 Å². The highest BCUT2D eigenvalue weighted by Gasteiger charge is 2.37. The molecule has 1 atom stereocenters. The van der Waals surface area contributed by atoms with Crippen molar-refractivity contribution in [2.45, 2.75) is 40.2 Å². The van der Waals surface area contributed by atoms with Crippen molar-refractivity contribution in [1.29, 1.82) is 0 Å². The van der Waals surface area contributed by atoms with E-state index in [4.69, 9.17) is 9.47 Å². The number of rotatable bonds is 4. The zero-order valence-corrected chi connectivity index (χ0v) is 19.6. The van der Waals surface area contributed by atoms with Crippen molar-refractivity contribution in [1.82, 2.24) is 0 Å². The van der Waals surface area contributed by atoms with Gasteiger partial charge in [0, 0.05) is 12.1 Å². The molecular formula is C23H27BrN2O4. The van der Waals surface area contributed by atoms with Gasteiger partial charge >= 0.3 is 6.09 Å². The Balaban J connectivity index is 2.10. The number of ether oxygens (including phenoxy) is 2. The van der Waals surface area contributed by atoms with Crippen molar-refractivity contribution in [2.24, 2.45) is 0 Å². The predicted octanol–water partition coefficient (Wildman–Crippen LogP) is 5.48. The van der Waals surface area contributed by atoms with Crippen LogP contribution >= 0.6 is 15.9 Å². The first kappa shape index (κ1) is 22.2. The average molecular weight is 475 g/mol. The number of nitrogens with zero attached hydrogens (tertiary/aromatic N) is 2. The third-order valence-electron chi connectivity index (χ3n) is 5.48. The van der Waals surface area contributed by atoms with Gasteiger partial charge in [-0.3, -0.25) is 9.69 Å². The summed E-state index contributed by atoms with van der Waals surface area (Å²) in [6.07, 6.45) is 0.314. The van der Waals surface area contributed by atoms with Gasteiger partial charge in [-0.05, 0) is 84.6 Å². The largest absolute Gasteiger partial charge is 0.496 e. The first-order chi connectivity index (χ1) is 14.3. The van der Waals surface area contributed by atoms with Crippen molar-refractivity contribution in [3.8, 4) is 5.75 Å². The van der Waals surface area contributed by atoms with Gasteiger partial charge in [-0.1, -0.05) is 6.92 Å². The average Bonchev–Trinajstić information content (AvgIpc) is 2.73. The number of hydrogen-bond donors (Lipinski definition) is 0. The SMILES string of the molecule is CCOC(=O)N1c2cc(C)c(C)cc2N(C(=O)c2ccc(OC)c(Br)c2)CC1CC. The number of fused-ring (bicyclic) bond motifs is 1. The lowest BCUT2D eigenvalue weighted by molar-refractivity contribution is 0.0981. The van der Waals surface area contributed by atoms with E-state index in [1.165, 1.54) is 0 Å². The molecule has 0 bridgehead atoms. The Morgan fingerprint density at radius 1 is 1.10 bits per heavy atom. The van der Waals surface area contributed by atoms with E-state index in [0.29, 0.717) is 46.7 Å². The molecule has 0 N–H and O–H groups in total. The summed E-state index contributed by atoms with van der Waals surface area (Å²) < 4.78 is 11.3. The molecule has 2 amide bonds. The first-order valence-electron chi connectivity index (χ1n) is 10.0. The molecule has 0 fully saturated rings. The van der Waals surface area contributed by atoms with Crippen molar-refractivity contribution in [3.63, 3.8) is 0 Å². The van der Waals surface area contributed by atoms with Crippen LogP contribution in [0.5, 0.6) is 5.75 Å².